The molecule has 0 atom stereocenters. The summed E-state index contributed by atoms with van der Waals surface area (Å²) in [5, 5.41) is 0. The van der Waals surface area contributed by atoms with Gasteiger partial charge < -0.3 is 9.64 Å². The van der Waals surface area contributed by atoms with Crippen molar-refractivity contribution in [1.82, 2.24) is 0 Å². The second kappa shape index (κ2) is 7.35. The number of nitrogens with zero attached hydrogens (tertiary/aromatic N) is 1. The Morgan fingerprint density at radius 1 is 1.29 bits per heavy atom. The number of sulfone groups is 1. The van der Waals surface area contributed by atoms with E-state index in [0.717, 1.165) is 12.1 Å². The van der Waals surface area contributed by atoms with Crippen LogP contribution in [0.4, 0.5) is 14.5 Å². The molecular weight excluding hydrogens is 304 g/mol. The highest BCUT2D eigenvalue weighted by Gasteiger charge is 2.26. The standard InChI is InChI=1S/C13H17F2NO4S/c1-3-16(9-8-12(17)20-2)10-4-6-11(7-5-10)21(18,19)13(14)15/h4-7,13H,3,8-9H2,1-2H3. The summed E-state index contributed by atoms with van der Waals surface area (Å²) in [6.07, 6.45) is 0.182. The first-order chi connectivity index (χ1) is 9.82. The van der Waals surface area contributed by atoms with Crippen molar-refractivity contribution < 1.29 is 26.7 Å². The van der Waals surface area contributed by atoms with Gasteiger partial charge in [0.2, 0.25) is 9.84 Å². The van der Waals surface area contributed by atoms with Crippen LogP contribution in [0.3, 0.4) is 0 Å². The highest BCUT2D eigenvalue weighted by molar-refractivity contribution is 7.91. The number of hydrogen-bond donors (Lipinski definition) is 0. The van der Waals surface area contributed by atoms with Crippen molar-refractivity contribution in [2.75, 3.05) is 25.1 Å². The number of carbonyl (C=O) groups is 1. The summed E-state index contributed by atoms with van der Waals surface area (Å²) in [5.41, 5.74) is 0.648. The minimum atomic E-state index is -4.58. The van der Waals surface area contributed by atoms with Gasteiger partial charge in [0.25, 0.3) is 0 Å². The molecule has 0 amide bonds. The van der Waals surface area contributed by atoms with Crippen LogP contribution in [0.25, 0.3) is 0 Å². The Morgan fingerprint density at radius 3 is 2.29 bits per heavy atom. The predicted octanol–water partition coefficient (Wildman–Crippen LogP) is 2.07. The molecule has 0 aliphatic carbocycles. The molecule has 118 valence electrons. The monoisotopic (exact) mass is 321 g/mol. The van der Waals surface area contributed by atoms with Crippen LogP contribution in [-0.2, 0) is 19.4 Å². The summed E-state index contributed by atoms with van der Waals surface area (Å²) in [5.74, 6) is -3.80. The molecule has 1 rings (SSSR count). The highest BCUT2D eigenvalue weighted by atomic mass is 32.2. The zero-order valence-corrected chi connectivity index (χ0v) is 12.6. The average molecular weight is 321 g/mol. The van der Waals surface area contributed by atoms with Gasteiger partial charge in [0.05, 0.1) is 18.4 Å². The molecule has 0 spiro atoms. The Labute approximate surface area is 122 Å². The Kier molecular flexibility index (Phi) is 6.07. The molecule has 0 unspecified atom stereocenters. The lowest BCUT2D eigenvalue weighted by molar-refractivity contribution is -0.140. The van der Waals surface area contributed by atoms with Gasteiger partial charge in [-0.25, -0.2) is 8.42 Å². The normalized spacial score (nSPS) is 11.5. The Hall–Kier alpha value is -1.70. The molecule has 1 aromatic carbocycles. The van der Waals surface area contributed by atoms with Gasteiger partial charge in [0, 0.05) is 18.8 Å². The summed E-state index contributed by atoms with van der Waals surface area (Å²) in [4.78, 5) is 12.5. The van der Waals surface area contributed by atoms with Crippen LogP contribution in [0, 0.1) is 0 Å². The molecule has 0 radical (unpaired) electrons. The number of anilines is 1. The average Bonchev–Trinajstić information content (AvgIpc) is 2.47. The van der Waals surface area contributed by atoms with E-state index in [1.165, 1.54) is 19.2 Å². The lowest BCUT2D eigenvalue weighted by Crippen LogP contribution is -2.26. The Morgan fingerprint density at radius 2 is 1.86 bits per heavy atom. The topological polar surface area (TPSA) is 63.7 Å². The summed E-state index contributed by atoms with van der Waals surface area (Å²) < 4.78 is 52.0. The van der Waals surface area contributed by atoms with Gasteiger partial charge in [0.1, 0.15) is 0 Å². The molecular formula is C13H17F2NO4S. The van der Waals surface area contributed by atoms with Crippen LogP contribution < -0.4 is 4.90 Å². The highest BCUT2D eigenvalue weighted by Crippen LogP contribution is 2.22. The lowest BCUT2D eigenvalue weighted by Gasteiger charge is -2.22. The van der Waals surface area contributed by atoms with E-state index < -0.39 is 20.5 Å². The van der Waals surface area contributed by atoms with E-state index in [4.69, 9.17) is 0 Å². The van der Waals surface area contributed by atoms with Gasteiger partial charge in [-0.15, -0.1) is 0 Å². The summed E-state index contributed by atoms with van der Waals surface area (Å²) in [6.45, 7) is 2.84. The quantitative estimate of drug-likeness (QED) is 0.720. The van der Waals surface area contributed by atoms with Crippen LogP contribution in [0.2, 0.25) is 0 Å². The Bertz CT molecular complexity index is 572. The SMILES string of the molecule is CCN(CCC(=O)OC)c1ccc(S(=O)(=O)C(F)F)cc1. The number of halogens is 2. The number of carbonyl (C=O) groups excluding carboxylic acids is 1. The predicted molar refractivity (Wildman–Crippen MR) is 74.2 cm³/mol. The smallest absolute Gasteiger partial charge is 0.341 e. The number of ether oxygens (including phenoxy) is 1. The van der Waals surface area contributed by atoms with Crippen LogP contribution in [-0.4, -0.2) is 40.3 Å². The molecule has 5 nitrogen and oxygen atoms in total. The second-order valence-corrected chi connectivity index (χ2v) is 6.12. The third kappa shape index (κ3) is 4.38. The fourth-order valence-corrected chi connectivity index (χ4v) is 2.47. The maximum absolute atomic E-state index is 12.4. The molecule has 0 aliphatic heterocycles. The largest absolute Gasteiger partial charge is 0.469 e. The molecule has 0 heterocycles. The molecule has 0 aliphatic rings. The molecule has 0 N–H and O–H groups in total. The molecule has 0 saturated heterocycles. The number of esters is 1. The minimum absolute atomic E-state index is 0.182. The summed E-state index contributed by atoms with van der Waals surface area (Å²) in [7, 11) is -3.29. The van der Waals surface area contributed by atoms with E-state index in [0.29, 0.717) is 18.8 Å². The van der Waals surface area contributed by atoms with Crippen molar-refractivity contribution in [2.24, 2.45) is 0 Å². The number of methoxy groups -OCH3 is 1. The van der Waals surface area contributed by atoms with Crippen molar-refractivity contribution in [3.63, 3.8) is 0 Å². The number of rotatable bonds is 7. The van der Waals surface area contributed by atoms with Crippen LogP contribution >= 0.6 is 0 Å². The molecule has 0 fully saturated rings. The first kappa shape index (κ1) is 17.4. The number of alkyl halides is 2. The van der Waals surface area contributed by atoms with Gasteiger partial charge in [-0.2, -0.15) is 8.78 Å². The molecule has 1 aromatic rings. The van der Waals surface area contributed by atoms with Gasteiger partial charge >= 0.3 is 11.7 Å². The molecule has 21 heavy (non-hydrogen) atoms. The number of benzene rings is 1. The van der Waals surface area contributed by atoms with Crippen molar-refractivity contribution >= 4 is 21.5 Å². The number of hydrogen-bond acceptors (Lipinski definition) is 5. The third-order valence-electron chi connectivity index (χ3n) is 2.96. The fraction of sp³-hybridized carbons (Fsp3) is 0.462. The van der Waals surface area contributed by atoms with Crippen molar-refractivity contribution in [3.8, 4) is 0 Å². The molecule has 0 saturated carbocycles. The van der Waals surface area contributed by atoms with E-state index in [1.807, 2.05) is 11.8 Å². The van der Waals surface area contributed by atoms with Gasteiger partial charge in [-0.3, -0.25) is 4.79 Å². The van der Waals surface area contributed by atoms with Gasteiger partial charge in [-0.05, 0) is 31.2 Å². The zero-order valence-electron chi connectivity index (χ0n) is 11.8. The second-order valence-electron chi connectivity index (χ2n) is 4.21. The fourth-order valence-electron chi connectivity index (χ4n) is 1.75. The first-order valence-electron chi connectivity index (χ1n) is 6.26. The summed E-state index contributed by atoms with van der Waals surface area (Å²) >= 11 is 0. The van der Waals surface area contributed by atoms with E-state index in [2.05, 4.69) is 4.74 Å². The molecule has 0 bridgehead atoms. The maximum Gasteiger partial charge on any atom is 0.341 e. The minimum Gasteiger partial charge on any atom is -0.469 e. The summed E-state index contributed by atoms with van der Waals surface area (Å²) in [6, 6.07) is 5.15. The third-order valence-corrected chi connectivity index (χ3v) is 4.36. The van der Waals surface area contributed by atoms with E-state index in [1.54, 1.807) is 0 Å². The van der Waals surface area contributed by atoms with Crippen molar-refractivity contribution in [2.45, 2.75) is 24.0 Å². The van der Waals surface area contributed by atoms with Crippen LogP contribution in [0.5, 0.6) is 0 Å². The zero-order chi connectivity index (χ0) is 16.0. The van der Waals surface area contributed by atoms with Gasteiger partial charge in [0.15, 0.2) is 0 Å². The van der Waals surface area contributed by atoms with Gasteiger partial charge in [-0.1, -0.05) is 0 Å². The Balaban J connectivity index is 2.87. The van der Waals surface area contributed by atoms with Crippen LogP contribution in [0.15, 0.2) is 29.2 Å². The maximum atomic E-state index is 12.4. The van der Waals surface area contributed by atoms with Crippen molar-refractivity contribution in [3.05, 3.63) is 24.3 Å². The molecule has 8 heteroatoms. The van der Waals surface area contributed by atoms with Crippen molar-refractivity contribution in [1.29, 1.82) is 0 Å². The van der Waals surface area contributed by atoms with E-state index >= 15 is 0 Å². The molecule has 0 aromatic heterocycles. The first-order valence-corrected chi connectivity index (χ1v) is 7.81. The van der Waals surface area contributed by atoms with E-state index in [9.17, 15) is 22.0 Å². The lowest BCUT2D eigenvalue weighted by atomic mass is 10.2. The van der Waals surface area contributed by atoms with Crippen LogP contribution in [0.1, 0.15) is 13.3 Å². The van der Waals surface area contributed by atoms with E-state index in [-0.39, 0.29) is 12.4 Å².